The predicted octanol–water partition coefficient (Wildman–Crippen LogP) is 2.07. The molecule has 1 aromatic rings. The summed E-state index contributed by atoms with van der Waals surface area (Å²) in [4.78, 5) is 2.12. The third-order valence-electron chi connectivity index (χ3n) is 3.58. The smallest absolute Gasteiger partial charge is 0.125 e. The van der Waals surface area contributed by atoms with Gasteiger partial charge in [-0.25, -0.2) is 0 Å². The Hall–Kier alpha value is -1.10. The van der Waals surface area contributed by atoms with E-state index in [-0.39, 0.29) is 11.6 Å². The van der Waals surface area contributed by atoms with Gasteiger partial charge in [0.05, 0.1) is 19.3 Å². The Morgan fingerprint density at radius 2 is 2.00 bits per heavy atom. The molecule has 0 fully saturated rings. The largest absolute Gasteiger partial charge is 0.486 e. The van der Waals surface area contributed by atoms with Crippen molar-refractivity contribution < 1.29 is 9.47 Å². The maximum Gasteiger partial charge on any atom is 0.125 e. The van der Waals surface area contributed by atoms with Crippen LogP contribution < -0.4 is 10.1 Å². The molecule has 0 radical (unpaired) electrons. The maximum atomic E-state index is 6.01. The first-order chi connectivity index (χ1) is 9.50. The molecule has 0 aromatic heterocycles. The minimum Gasteiger partial charge on any atom is -0.486 e. The molecule has 0 bridgehead atoms. The summed E-state index contributed by atoms with van der Waals surface area (Å²) in [5.41, 5.74) is 1.03. The fourth-order valence-electron chi connectivity index (χ4n) is 2.51. The fraction of sp³-hybridized carbons (Fsp3) is 0.625. The van der Waals surface area contributed by atoms with Crippen molar-refractivity contribution >= 4 is 0 Å². The van der Waals surface area contributed by atoms with Gasteiger partial charge in [-0.15, -0.1) is 0 Å². The molecule has 1 aliphatic rings. The molecular weight excluding hydrogens is 252 g/mol. The lowest BCUT2D eigenvalue weighted by atomic mass is 9.94. The molecule has 1 aliphatic heterocycles. The molecule has 4 heteroatoms. The van der Waals surface area contributed by atoms with E-state index in [0.717, 1.165) is 32.1 Å². The van der Waals surface area contributed by atoms with Crippen molar-refractivity contribution in [2.75, 3.05) is 40.4 Å². The van der Waals surface area contributed by atoms with E-state index in [0.29, 0.717) is 0 Å². The quantitative estimate of drug-likeness (QED) is 0.774. The van der Waals surface area contributed by atoms with Crippen LogP contribution in [0.25, 0.3) is 0 Å². The van der Waals surface area contributed by atoms with E-state index in [4.69, 9.17) is 9.47 Å². The monoisotopic (exact) mass is 278 g/mol. The summed E-state index contributed by atoms with van der Waals surface area (Å²) in [5, 5.41) is 3.55. The Bertz CT molecular complexity index is 432. The zero-order valence-electron chi connectivity index (χ0n) is 13.0. The van der Waals surface area contributed by atoms with E-state index in [1.165, 1.54) is 5.56 Å². The number of likely N-dealkylation sites (N-methyl/N-ethyl adjacent to an activating group) is 1. The number of hydrogen-bond acceptors (Lipinski definition) is 4. The van der Waals surface area contributed by atoms with E-state index >= 15 is 0 Å². The first-order valence-corrected chi connectivity index (χ1v) is 7.24. The summed E-state index contributed by atoms with van der Waals surface area (Å²) in [6, 6.07) is 8.46. The molecule has 1 unspecified atom stereocenters. The van der Waals surface area contributed by atoms with Crippen molar-refractivity contribution in [2.24, 2.45) is 0 Å². The van der Waals surface area contributed by atoms with Crippen LogP contribution >= 0.6 is 0 Å². The van der Waals surface area contributed by atoms with Crippen LogP contribution in [0.1, 0.15) is 25.5 Å². The van der Waals surface area contributed by atoms with Crippen molar-refractivity contribution in [2.45, 2.75) is 25.5 Å². The van der Waals surface area contributed by atoms with Crippen molar-refractivity contribution in [1.29, 1.82) is 0 Å². The fourth-order valence-corrected chi connectivity index (χ4v) is 2.51. The predicted molar refractivity (Wildman–Crippen MR) is 81.3 cm³/mol. The number of nitrogens with zero attached hydrogens (tertiary/aromatic N) is 1. The van der Waals surface area contributed by atoms with Crippen LogP contribution in [0.4, 0.5) is 0 Å². The van der Waals surface area contributed by atoms with Crippen LogP contribution in [0.5, 0.6) is 5.75 Å². The van der Waals surface area contributed by atoms with E-state index in [2.05, 4.69) is 50.3 Å². The molecule has 1 heterocycles. The van der Waals surface area contributed by atoms with Crippen LogP contribution in [0.15, 0.2) is 24.3 Å². The van der Waals surface area contributed by atoms with E-state index < -0.39 is 0 Å². The Balaban J connectivity index is 1.80. The minimum atomic E-state index is -0.215. The number of para-hydroxylation sites is 1. The van der Waals surface area contributed by atoms with Crippen molar-refractivity contribution in [1.82, 2.24) is 10.2 Å². The zero-order valence-corrected chi connectivity index (χ0v) is 13.0. The lowest BCUT2D eigenvalue weighted by molar-refractivity contribution is 0.0828. The summed E-state index contributed by atoms with van der Waals surface area (Å²) < 4.78 is 11.6. The number of benzene rings is 1. The normalized spacial score (nSPS) is 19.9. The van der Waals surface area contributed by atoms with Gasteiger partial charge in [-0.05, 0) is 34.0 Å². The average Bonchev–Trinajstić information content (AvgIpc) is 2.63. The van der Waals surface area contributed by atoms with Gasteiger partial charge in [0.1, 0.15) is 11.4 Å². The van der Waals surface area contributed by atoms with Gasteiger partial charge in [0.15, 0.2) is 0 Å². The third-order valence-corrected chi connectivity index (χ3v) is 3.58. The minimum absolute atomic E-state index is 0.215. The van der Waals surface area contributed by atoms with Gasteiger partial charge < -0.3 is 19.7 Å². The van der Waals surface area contributed by atoms with Gasteiger partial charge in [-0.3, -0.25) is 0 Å². The van der Waals surface area contributed by atoms with Crippen LogP contribution in [0, 0.1) is 0 Å². The van der Waals surface area contributed by atoms with Crippen LogP contribution in [-0.2, 0) is 4.74 Å². The molecule has 0 aliphatic carbocycles. The number of nitrogens with one attached hydrogen (secondary N) is 1. The molecular formula is C16H26N2O2. The van der Waals surface area contributed by atoms with Gasteiger partial charge >= 0.3 is 0 Å². The van der Waals surface area contributed by atoms with Crippen LogP contribution in [-0.4, -0.2) is 50.9 Å². The lowest BCUT2D eigenvalue weighted by Crippen LogP contribution is -2.40. The number of rotatable bonds is 7. The summed E-state index contributed by atoms with van der Waals surface area (Å²) in [5.74, 6) is 0.989. The lowest BCUT2D eigenvalue weighted by Gasteiger charge is -2.27. The average molecular weight is 278 g/mol. The highest BCUT2D eigenvalue weighted by Crippen LogP contribution is 2.42. The van der Waals surface area contributed by atoms with Crippen molar-refractivity contribution in [3.05, 3.63) is 29.8 Å². The molecule has 0 amide bonds. The molecule has 0 spiro atoms. The summed E-state index contributed by atoms with van der Waals surface area (Å²) >= 11 is 0. The Kier molecular flexibility index (Phi) is 5.02. The highest BCUT2D eigenvalue weighted by molar-refractivity contribution is 5.42. The SMILES string of the molecule is CN(C)CCOCCNC1c2ccccc2OC1(C)C. The second kappa shape index (κ2) is 6.57. The summed E-state index contributed by atoms with van der Waals surface area (Å²) in [7, 11) is 4.11. The Morgan fingerprint density at radius 1 is 1.25 bits per heavy atom. The van der Waals surface area contributed by atoms with E-state index in [1.807, 2.05) is 12.1 Å². The molecule has 0 saturated heterocycles. The molecule has 4 nitrogen and oxygen atoms in total. The topological polar surface area (TPSA) is 33.7 Å². The van der Waals surface area contributed by atoms with Crippen molar-refractivity contribution in [3.63, 3.8) is 0 Å². The molecule has 1 aromatic carbocycles. The number of fused-ring (bicyclic) bond motifs is 1. The number of ether oxygens (including phenoxy) is 2. The molecule has 0 saturated carbocycles. The first-order valence-electron chi connectivity index (χ1n) is 7.24. The van der Waals surface area contributed by atoms with E-state index in [1.54, 1.807) is 0 Å². The molecule has 1 atom stereocenters. The van der Waals surface area contributed by atoms with Crippen LogP contribution in [0.2, 0.25) is 0 Å². The molecule has 1 N–H and O–H groups in total. The number of hydrogen-bond donors (Lipinski definition) is 1. The molecule has 2 rings (SSSR count). The maximum absolute atomic E-state index is 6.01. The van der Waals surface area contributed by atoms with Crippen LogP contribution in [0.3, 0.4) is 0 Å². The van der Waals surface area contributed by atoms with Gasteiger partial charge in [0.2, 0.25) is 0 Å². The standard InChI is InChI=1S/C16H26N2O2/c1-16(2)15(13-7-5-6-8-14(13)20-16)17-9-11-19-12-10-18(3)4/h5-8,15,17H,9-12H2,1-4H3. The third kappa shape index (κ3) is 3.72. The second-order valence-electron chi connectivity index (χ2n) is 6.05. The summed E-state index contributed by atoms with van der Waals surface area (Å²) in [6.07, 6.45) is 0. The Morgan fingerprint density at radius 3 is 2.75 bits per heavy atom. The van der Waals surface area contributed by atoms with E-state index in [9.17, 15) is 0 Å². The molecule has 20 heavy (non-hydrogen) atoms. The van der Waals surface area contributed by atoms with Crippen molar-refractivity contribution in [3.8, 4) is 5.75 Å². The van der Waals surface area contributed by atoms with Gasteiger partial charge in [0, 0.05) is 18.7 Å². The highest BCUT2D eigenvalue weighted by Gasteiger charge is 2.40. The second-order valence-corrected chi connectivity index (χ2v) is 6.05. The zero-order chi connectivity index (χ0) is 14.6. The summed E-state index contributed by atoms with van der Waals surface area (Å²) in [6.45, 7) is 7.54. The van der Waals surface area contributed by atoms with Gasteiger partial charge in [-0.2, -0.15) is 0 Å². The molecule has 112 valence electrons. The first kappa shape index (κ1) is 15.3. The van der Waals surface area contributed by atoms with Gasteiger partial charge in [0.25, 0.3) is 0 Å². The van der Waals surface area contributed by atoms with Gasteiger partial charge in [-0.1, -0.05) is 18.2 Å². The highest BCUT2D eigenvalue weighted by atomic mass is 16.5. The Labute approximate surface area is 122 Å².